The maximum atomic E-state index is 13.1. The van der Waals surface area contributed by atoms with Crippen LogP contribution in [0.4, 0.5) is 0 Å². The van der Waals surface area contributed by atoms with Crippen LogP contribution in [-0.4, -0.2) is 16.5 Å². The summed E-state index contributed by atoms with van der Waals surface area (Å²) in [5.41, 5.74) is 0.831. The van der Waals surface area contributed by atoms with E-state index in [2.05, 4.69) is 13.8 Å². The van der Waals surface area contributed by atoms with Crippen LogP contribution in [0.1, 0.15) is 88.4 Å². The molecule has 0 heterocycles. The zero-order chi connectivity index (χ0) is 20.2. The molecule has 0 aromatic heterocycles. The lowest BCUT2D eigenvalue weighted by Crippen LogP contribution is -2.52. The molecule has 2 nitrogen and oxygen atoms in total. The van der Waals surface area contributed by atoms with Crippen LogP contribution in [0.25, 0.3) is 0 Å². The molecule has 1 aromatic rings. The van der Waals surface area contributed by atoms with Gasteiger partial charge in [0.15, 0.2) is 5.78 Å². The summed E-state index contributed by atoms with van der Waals surface area (Å²) in [5.74, 6) is 4.75. The standard InChI is InChI=1S/C27H38O2/c1-26-14-12-22-21-13-15-27(2,29)17-19(21)8-10-23(22)24(26)11-9-20(16-26)25(28)18-6-4-3-5-7-18/h3-7,19-24,29H,8-17H2,1-2H3/t19-,20?,21+,22-,23-,24+,26+,27-/m1/s1. The van der Waals surface area contributed by atoms with Crippen molar-refractivity contribution in [1.82, 2.24) is 0 Å². The van der Waals surface area contributed by atoms with E-state index in [1.165, 1.54) is 38.5 Å². The smallest absolute Gasteiger partial charge is 0.165 e. The summed E-state index contributed by atoms with van der Waals surface area (Å²) in [4.78, 5) is 13.1. The van der Waals surface area contributed by atoms with Gasteiger partial charge in [-0.1, -0.05) is 37.3 Å². The molecule has 1 N–H and O–H groups in total. The third kappa shape index (κ3) is 3.50. The Balaban J connectivity index is 1.31. The number of hydrogen-bond donors (Lipinski definition) is 1. The number of rotatable bonds is 2. The van der Waals surface area contributed by atoms with E-state index in [1.54, 1.807) is 0 Å². The molecule has 4 aliphatic carbocycles. The molecule has 0 bridgehead atoms. The molecule has 0 aliphatic heterocycles. The largest absolute Gasteiger partial charge is 0.390 e. The van der Waals surface area contributed by atoms with E-state index in [0.717, 1.165) is 60.8 Å². The molecule has 8 atom stereocenters. The highest BCUT2D eigenvalue weighted by Gasteiger charge is 2.55. The molecule has 1 unspecified atom stereocenters. The van der Waals surface area contributed by atoms with Crippen molar-refractivity contribution >= 4 is 5.78 Å². The summed E-state index contributed by atoms with van der Waals surface area (Å²) in [6.07, 6.45) is 12.0. The maximum Gasteiger partial charge on any atom is 0.165 e. The second-order valence-electron chi connectivity index (χ2n) is 11.6. The van der Waals surface area contributed by atoms with Crippen molar-refractivity contribution in [2.45, 2.75) is 83.7 Å². The van der Waals surface area contributed by atoms with Crippen molar-refractivity contribution in [1.29, 1.82) is 0 Å². The lowest BCUT2D eigenvalue weighted by atomic mass is 9.46. The number of carbonyl (C=O) groups is 1. The highest BCUT2D eigenvalue weighted by molar-refractivity contribution is 5.97. The van der Waals surface area contributed by atoms with Gasteiger partial charge in [-0.2, -0.15) is 0 Å². The van der Waals surface area contributed by atoms with Gasteiger partial charge in [0.05, 0.1) is 5.60 Å². The fourth-order valence-electron chi connectivity index (χ4n) is 8.40. The highest BCUT2D eigenvalue weighted by atomic mass is 16.3. The molecule has 0 saturated heterocycles. The van der Waals surface area contributed by atoms with Crippen LogP contribution in [0.2, 0.25) is 0 Å². The van der Waals surface area contributed by atoms with Gasteiger partial charge in [0.25, 0.3) is 0 Å². The van der Waals surface area contributed by atoms with Gasteiger partial charge < -0.3 is 5.11 Å². The van der Waals surface area contributed by atoms with Gasteiger partial charge in [-0.25, -0.2) is 0 Å². The first-order valence-corrected chi connectivity index (χ1v) is 12.2. The second-order valence-corrected chi connectivity index (χ2v) is 11.6. The van der Waals surface area contributed by atoms with E-state index in [0.29, 0.717) is 11.2 Å². The Morgan fingerprint density at radius 3 is 2.41 bits per heavy atom. The SMILES string of the molecule is C[C@@]1(O)CC[C@H]2[C@H](CC[C@@H]3[C@@H]2CC[C@@]2(C)CC(C(=O)c4ccccc4)CC[C@@H]32)C1. The number of carbonyl (C=O) groups excluding carboxylic acids is 1. The molecule has 4 fully saturated rings. The van der Waals surface area contributed by atoms with E-state index < -0.39 is 5.60 Å². The van der Waals surface area contributed by atoms with Crippen molar-refractivity contribution < 1.29 is 9.90 Å². The minimum Gasteiger partial charge on any atom is -0.390 e. The molecule has 29 heavy (non-hydrogen) atoms. The summed E-state index contributed by atoms with van der Waals surface area (Å²) in [5, 5.41) is 10.6. The zero-order valence-electron chi connectivity index (χ0n) is 18.3. The Morgan fingerprint density at radius 2 is 1.62 bits per heavy atom. The first kappa shape index (κ1) is 19.8. The average molecular weight is 395 g/mol. The van der Waals surface area contributed by atoms with Crippen molar-refractivity contribution in [2.24, 2.45) is 40.9 Å². The van der Waals surface area contributed by atoms with Crippen molar-refractivity contribution in [3.8, 4) is 0 Å². The predicted molar refractivity (Wildman–Crippen MR) is 117 cm³/mol. The normalized spacial score (nSPS) is 46.9. The van der Waals surface area contributed by atoms with Crippen LogP contribution in [0, 0.1) is 40.9 Å². The number of fused-ring (bicyclic) bond motifs is 5. The molecule has 4 saturated carbocycles. The highest BCUT2D eigenvalue weighted by Crippen LogP contribution is 2.62. The Hall–Kier alpha value is -1.15. The number of benzene rings is 1. The Kier molecular flexibility index (Phi) is 4.93. The van der Waals surface area contributed by atoms with Gasteiger partial charge in [-0.05, 0) is 106 Å². The summed E-state index contributed by atoms with van der Waals surface area (Å²) < 4.78 is 0. The van der Waals surface area contributed by atoms with Crippen molar-refractivity contribution in [3.63, 3.8) is 0 Å². The van der Waals surface area contributed by atoms with E-state index in [-0.39, 0.29) is 5.92 Å². The second kappa shape index (κ2) is 7.22. The van der Waals surface area contributed by atoms with Crippen molar-refractivity contribution in [2.75, 3.05) is 0 Å². The molecule has 4 aliphatic rings. The first-order valence-electron chi connectivity index (χ1n) is 12.2. The topological polar surface area (TPSA) is 37.3 Å². The number of ketones is 1. The molecular weight excluding hydrogens is 356 g/mol. The molecule has 2 heteroatoms. The van der Waals surface area contributed by atoms with E-state index in [1.807, 2.05) is 30.3 Å². The first-order chi connectivity index (χ1) is 13.9. The number of aliphatic hydroxyl groups is 1. The summed E-state index contributed by atoms with van der Waals surface area (Å²) in [6.45, 7) is 4.56. The van der Waals surface area contributed by atoms with Crippen LogP contribution in [0.5, 0.6) is 0 Å². The zero-order valence-corrected chi connectivity index (χ0v) is 18.3. The van der Waals surface area contributed by atoms with E-state index in [9.17, 15) is 9.90 Å². The molecule has 158 valence electrons. The van der Waals surface area contributed by atoms with Crippen molar-refractivity contribution in [3.05, 3.63) is 35.9 Å². The van der Waals surface area contributed by atoms with Crippen LogP contribution in [0.15, 0.2) is 30.3 Å². The molecule has 5 rings (SSSR count). The van der Waals surface area contributed by atoms with E-state index in [4.69, 9.17) is 0 Å². The number of Topliss-reactive ketones (excluding diaryl/α,β-unsaturated/α-hetero) is 1. The molecular formula is C27H38O2. The van der Waals surface area contributed by atoms with Gasteiger partial charge in [0.1, 0.15) is 0 Å². The summed E-state index contributed by atoms with van der Waals surface area (Å²) in [6, 6.07) is 9.97. The van der Waals surface area contributed by atoms with Crippen LogP contribution >= 0.6 is 0 Å². The lowest BCUT2D eigenvalue weighted by molar-refractivity contribution is -0.114. The third-order valence-electron chi connectivity index (χ3n) is 9.72. The Labute approximate surface area is 176 Å². The fraction of sp³-hybridized carbons (Fsp3) is 0.741. The number of hydrogen-bond acceptors (Lipinski definition) is 2. The monoisotopic (exact) mass is 394 g/mol. The van der Waals surface area contributed by atoms with E-state index >= 15 is 0 Å². The molecule has 1 aromatic carbocycles. The van der Waals surface area contributed by atoms with Gasteiger partial charge >= 0.3 is 0 Å². The minimum atomic E-state index is -0.424. The quantitative estimate of drug-likeness (QED) is 0.599. The average Bonchev–Trinajstić information content (AvgIpc) is 2.71. The molecule has 0 amide bonds. The van der Waals surface area contributed by atoms with Gasteiger partial charge in [-0.15, -0.1) is 0 Å². The van der Waals surface area contributed by atoms with Gasteiger partial charge in [0, 0.05) is 11.5 Å². The van der Waals surface area contributed by atoms with Gasteiger partial charge in [0.2, 0.25) is 0 Å². The van der Waals surface area contributed by atoms with Gasteiger partial charge in [-0.3, -0.25) is 4.79 Å². The predicted octanol–water partition coefficient (Wildman–Crippen LogP) is 6.28. The maximum absolute atomic E-state index is 13.1. The Bertz CT molecular complexity index is 753. The minimum absolute atomic E-state index is 0.219. The summed E-state index contributed by atoms with van der Waals surface area (Å²) >= 11 is 0. The molecule has 0 spiro atoms. The summed E-state index contributed by atoms with van der Waals surface area (Å²) in [7, 11) is 0. The Morgan fingerprint density at radius 1 is 0.862 bits per heavy atom. The van der Waals surface area contributed by atoms with Crippen LogP contribution in [-0.2, 0) is 0 Å². The fourth-order valence-corrected chi connectivity index (χ4v) is 8.40. The molecule has 0 radical (unpaired) electrons. The van der Waals surface area contributed by atoms with Crippen LogP contribution in [0.3, 0.4) is 0 Å². The third-order valence-corrected chi connectivity index (χ3v) is 9.72. The van der Waals surface area contributed by atoms with Crippen LogP contribution < -0.4 is 0 Å². The lowest BCUT2D eigenvalue weighted by Gasteiger charge is -2.59.